The summed E-state index contributed by atoms with van der Waals surface area (Å²) >= 11 is 0. The molecule has 1 aromatic heterocycles. The van der Waals surface area contributed by atoms with E-state index in [2.05, 4.69) is 27.1 Å². The van der Waals surface area contributed by atoms with E-state index in [9.17, 15) is 21.6 Å². The van der Waals surface area contributed by atoms with Crippen molar-refractivity contribution in [3.8, 4) is 17.7 Å². The number of piperazine rings is 1. The second-order valence-electron chi connectivity index (χ2n) is 9.61. The molecule has 15 heteroatoms. The minimum atomic E-state index is -3.80. The first-order valence-electron chi connectivity index (χ1n) is 13.2. The summed E-state index contributed by atoms with van der Waals surface area (Å²) in [5.74, 6) is 5.79. The molecule has 0 bridgehead atoms. The topological polar surface area (TPSA) is 168 Å². The smallest absolute Gasteiger partial charge is 0.257 e. The molecule has 0 radical (unpaired) electrons. The Morgan fingerprint density at radius 3 is 2.35 bits per heavy atom. The van der Waals surface area contributed by atoms with E-state index in [4.69, 9.17) is 10.5 Å². The van der Waals surface area contributed by atoms with E-state index < -0.39 is 26.0 Å². The maximum absolute atomic E-state index is 13.4. The molecule has 3 N–H and O–H groups in total. The van der Waals surface area contributed by atoms with Crippen molar-refractivity contribution < 1.29 is 26.4 Å². The molecule has 1 fully saturated rings. The molecule has 0 unspecified atom stereocenters. The summed E-state index contributed by atoms with van der Waals surface area (Å²) in [6.07, 6.45) is 1.05. The molecule has 1 aliphatic rings. The van der Waals surface area contributed by atoms with Crippen LogP contribution in [-0.4, -0.2) is 89.7 Å². The number of aryl methyl sites for hydroxylation is 1. The number of sulfonamides is 2. The van der Waals surface area contributed by atoms with Crippen molar-refractivity contribution in [3.05, 3.63) is 65.9 Å². The van der Waals surface area contributed by atoms with Gasteiger partial charge in [-0.2, -0.15) is 9.29 Å². The Morgan fingerprint density at radius 1 is 1.02 bits per heavy atom. The summed E-state index contributed by atoms with van der Waals surface area (Å²) in [6.45, 7) is 3.42. The molecule has 1 aliphatic heterocycles. The highest BCUT2D eigenvalue weighted by Crippen LogP contribution is 2.25. The highest BCUT2D eigenvalue weighted by atomic mass is 32.2. The average Bonchev–Trinajstić information content (AvgIpc) is 2.98. The second-order valence-corrected chi connectivity index (χ2v) is 13.6. The lowest BCUT2D eigenvalue weighted by molar-refractivity contribution is 0.102. The second kappa shape index (κ2) is 13.4. The fourth-order valence-electron chi connectivity index (χ4n) is 4.28. The van der Waals surface area contributed by atoms with Gasteiger partial charge in [0.1, 0.15) is 0 Å². The summed E-state index contributed by atoms with van der Waals surface area (Å²) in [5.41, 5.74) is 6.80. The number of hydrogen-bond acceptors (Lipinski definition) is 10. The summed E-state index contributed by atoms with van der Waals surface area (Å²) < 4.78 is 58.7. The fraction of sp³-hybridized carbons (Fsp3) is 0.321. The molecule has 1 saturated heterocycles. The van der Waals surface area contributed by atoms with Gasteiger partial charge in [0.2, 0.25) is 31.9 Å². The van der Waals surface area contributed by atoms with Gasteiger partial charge in [-0.05, 0) is 43.3 Å². The molecule has 2 heterocycles. The Morgan fingerprint density at radius 2 is 1.70 bits per heavy atom. The summed E-state index contributed by atoms with van der Waals surface area (Å²) in [7, 11) is -6.03. The van der Waals surface area contributed by atoms with Gasteiger partial charge in [-0.25, -0.2) is 21.8 Å². The van der Waals surface area contributed by atoms with Crippen molar-refractivity contribution in [3.63, 3.8) is 0 Å². The number of rotatable bonds is 9. The highest BCUT2D eigenvalue weighted by Gasteiger charge is 2.30. The van der Waals surface area contributed by atoms with Crippen LogP contribution in [0.1, 0.15) is 16.1 Å². The van der Waals surface area contributed by atoms with Crippen LogP contribution < -0.4 is 25.0 Å². The van der Waals surface area contributed by atoms with E-state index in [1.807, 2.05) is 11.8 Å². The molecule has 43 heavy (non-hydrogen) atoms. The Kier molecular flexibility index (Phi) is 9.87. The zero-order valence-corrected chi connectivity index (χ0v) is 25.7. The van der Waals surface area contributed by atoms with E-state index >= 15 is 0 Å². The zero-order chi connectivity index (χ0) is 31.2. The van der Waals surface area contributed by atoms with Crippen molar-refractivity contribution in [2.75, 3.05) is 67.2 Å². The normalized spacial score (nSPS) is 14.0. The highest BCUT2D eigenvalue weighted by molar-refractivity contribution is 7.92. The first kappa shape index (κ1) is 31.7. The maximum atomic E-state index is 13.4. The molecule has 0 saturated carbocycles. The molecule has 4 rings (SSSR count). The van der Waals surface area contributed by atoms with Gasteiger partial charge in [-0.3, -0.25) is 9.10 Å². The summed E-state index contributed by atoms with van der Waals surface area (Å²) in [4.78, 5) is 23.9. The number of anilines is 3. The molecular formula is C28H33N7O6S2. The van der Waals surface area contributed by atoms with Crippen molar-refractivity contribution >= 4 is 43.3 Å². The van der Waals surface area contributed by atoms with Crippen molar-refractivity contribution in [2.45, 2.75) is 11.8 Å². The van der Waals surface area contributed by atoms with Gasteiger partial charge in [0.25, 0.3) is 5.91 Å². The lowest BCUT2D eigenvalue weighted by atomic mass is 10.1. The first-order valence-corrected chi connectivity index (χ1v) is 16.5. The molecule has 0 spiro atoms. The van der Waals surface area contributed by atoms with Gasteiger partial charge >= 0.3 is 0 Å². The number of nitrogens with two attached hydrogens (primary N) is 1. The third kappa shape index (κ3) is 7.79. The number of amides is 1. The van der Waals surface area contributed by atoms with E-state index in [0.717, 1.165) is 10.6 Å². The lowest BCUT2D eigenvalue weighted by Gasteiger charge is -2.34. The Labute approximate surface area is 251 Å². The minimum absolute atomic E-state index is 0.0808. The van der Waals surface area contributed by atoms with Crippen molar-refractivity contribution in [1.82, 2.24) is 14.3 Å². The zero-order valence-electron chi connectivity index (χ0n) is 24.0. The van der Waals surface area contributed by atoms with E-state index in [1.54, 1.807) is 18.2 Å². The molecule has 3 aromatic rings. The van der Waals surface area contributed by atoms with Crippen LogP contribution in [0.25, 0.3) is 0 Å². The van der Waals surface area contributed by atoms with Crippen LogP contribution >= 0.6 is 0 Å². The van der Waals surface area contributed by atoms with E-state index in [-0.39, 0.29) is 42.4 Å². The van der Waals surface area contributed by atoms with Gasteiger partial charge < -0.3 is 20.7 Å². The van der Waals surface area contributed by atoms with Crippen LogP contribution in [0.2, 0.25) is 0 Å². The summed E-state index contributed by atoms with van der Waals surface area (Å²) in [5, 5.41) is 2.70. The number of nitrogens with one attached hydrogen (secondary N) is 1. The van der Waals surface area contributed by atoms with Gasteiger partial charge in [-0.1, -0.05) is 24.0 Å². The first-order chi connectivity index (χ1) is 20.4. The molecule has 1 amide bonds. The van der Waals surface area contributed by atoms with Crippen LogP contribution in [0.4, 0.5) is 17.3 Å². The molecule has 0 atom stereocenters. The van der Waals surface area contributed by atoms with Crippen LogP contribution in [-0.2, 0) is 20.0 Å². The number of ether oxygens (including phenoxy) is 1. The Bertz CT molecular complexity index is 1750. The quantitative estimate of drug-likeness (QED) is 0.330. The number of benzene rings is 2. The van der Waals surface area contributed by atoms with Crippen molar-refractivity contribution in [2.24, 2.45) is 5.73 Å². The summed E-state index contributed by atoms with van der Waals surface area (Å²) in [6, 6.07) is 13.8. The van der Waals surface area contributed by atoms with Crippen LogP contribution in [0, 0.1) is 18.8 Å². The predicted octanol–water partition coefficient (Wildman–Crippen LogP) is 1.28. The molecular weight excluding hydrogens is 594 g/mol. The Balaban J connectivity index is 1.40. The van der Waals surface area contributed by atoms with Crippen LogP contribution in [0.5, 0.6) is 5.88 Å². The van der Waals surface area contributed by atoms with Gasteiger partial charge in [0, 0.05) is 50.7 Å². The number of carbonyl (C=O) groups is 1. The third-order valence-corrected chi connectivity index (χ3v) is 9.70. The SMILES string of the molecule is Cc1cc(OCC#CCN)nc(N2CCN(S(=O)(=O)c3ccc(NC(=O)c4ccccc4N(C)S(C)(=O)=O)cc3)CC2)n1. The number of aromatic nitrogens is 2. The van der Waals surface area contributed by atoms with Crippen molar-refractivity contribution in [1.29, 1.82) is 0 Å². The lowest BCUT2D eigenvalue weighted by Crippen LogP contribution is -2.49. The van der Waals surface area contributed by atoms with Gasteiger partial charge in [-0.15, -0.1) is 0 Å². The fourth-order valence-corrected chi connectivity index (χ4v) is 6.22. The molecule has 0 aliphatic carbocycles. The van der Waals surface area contributed by atoms with Crippen LogP contribution in [0.3, 0.4) is 0 Å². The Hall–Kier alpha value is -4.23. The molecule has 13 nitrogen and oxygen atoms in total. The number of carbonyl (C=O) groups excluding carboxylic acids is 1. The standard InChI is InChI=1S/C28H33N7O6S2/c1-21-20-26(41-19-7-6-14-29)32-28(30-21)34-15-17-35(18-16-34)43(39,40)23-12-10-22(11-13-23)31-27(36)24-8-4-5-9-25(24)33(2)42(3,37)38/h4-5,8-13,20H,14-19,29H2,1-3H3,(H,31,36). The maximum Gasteiger partial charge on any atom is 0.257 e. The molecule has 2 aromatic carbocycles. The van der Waals surface area contributed by atoms with Gasteiger partial charge in [0.05, 0.1) is 28.9 Å². The van der Waals surface area contributed by atoms with E-state index in [0.29, 0.717) is 36.3 Å². The minimum Gasteiger partial charge on any atom is -0.464 e. The van der Waals surface area contributed by atoms with Gasteiger partial charge in [0.15, 0.2) is 6.61 Å². The van der Waals surface area contributed by atoms with E-state index in [1.165, 1.54) is 47.8 Å². The monoisotopic (exact) mass is 627 g/mol. The number of hydrogen-bond donors (Lipinski definition) is 2. The predicted molar refractivity (Wildman–Crippen MR) is 164 cm³/mol. The largest absolute Gasteiger partial charge is 0.464 e. The van der Waals surface area contributed by atoms with Crippen LogP contribution in [0.15, 0.2) is 59.5 Å². The third-order valence-electron chi connectivity index (χ3n) is 6.60. The number of para-hydroxylation sites is 1. The molecule has 228 valence electrons. The number of nitrogens with zero attached hydrogens (tertiary/aromatic N) is 5. The average molecular weight is 628 g/mol.